The standard InChI is InChI=1S/C10H12N2.ClH/c1-2-10-9-6-11-4-3-7(9)5-8(1)12-10;/h3-4,6,8,10,12H,1-2,5H2;1H. The summed E-state index contributed by atoms with van der Waals surface area (Å²) < 4.78 is 0. The number of halogens is 1. The first-order valence-electron chi connectivity index (χ1n) is 4.62. The zero-order chi connectivity index (χ0) is 7.97. The van der Waals surface area contributed by atoms with E-state index in [1.807, 2.05) is 12.4 Å². The number of pyridine rings is 1. The van der Waals surface area contributed by atoms with Gasteiger partial charge in [0.05, 0.1) is 0 Å². The zero-order valence-electron chi connectivity index (χ0n) is 7.36. The molecule has 3 heterocycles. The number of aromatic nitrogens is 1. The lowest BCUT2D eigenvalue weighted by Crippen LogP contribution is -2.31. The number of hydrogen-bond donors (Lipinski definition) is 1. The Morgan fingerprint density at radius 3 is 3.23 bits per heavy atom. The number of fused-ring (bicyclic) bond motifs is 4. The third-order valence-electron chi connectivity index (χ3n) is 3.03. The molecule has 0 aromatic carbocycles. The normalized spacial score (nSPS) is 29.2. The van der Waals surface area contributed by atoms with Crippen molar-refractivity contribution in [3.8, 4) is 0 Å². The molecule has 0 aliphatic carbocycles. The number of rotatable bonds is 0. The van der Waals surface area contributed by atoms with Crippen LogP contribution in [-0.4, -0.2) is 11.0 Å². The lowest BCUT2D eigenvalue weighted by atomic mass is 9.98. The van der Waals surface area contributed by atoms with Crippen LogP contribution in [0.5, 0.6) is 0 Å². The average molecular weight is 197 g/mol. The molecule has 1 aromatic rings. The number of nitrogens with zero attached hydrogens (tertiary/aromatic N) is 1. The molecule has 2 aliphatic heterocycles. The summed E-state index contributed by atoms with van der Waals surface area (Å²) in [5.41, 5.74) is 2.95. The molecule has 1 saturated heterocycles. The summed E-state index contributed by atoms with van der Waals surface area (Å²) >= 11 is 0. The van der Waals surface area contributed by atoms with Crippen LogP contribution in [0.15, 0.2) is 18.5 Å². The Morgan fingerprint density at radius 1 is 1.38 bits per heavy atom. The van der Waals surface area contributed by atoms with E-state index >= 15 is 0 Å². The average Bonchev–Trinajstić information content (AvgIpc) is 2.49. The molecule has 0 amide bonds. The largest absolute Gasteiger partial charge is 0.307 e. The highest BCUT2D eigenvalue weighted by molar-refractivity contribution is 5.85. The van der Waals surface area contributed by atoms with E-state index in [-0.39, 0.29) is 12.4 Å². The Balaban J connectivity index is 0.000000653. The molecule has 2 nitrogen and oxygen atoms in total. The lowest BCUT2D eigenvalue weighted by molar-refractivity contribution is 0.513. The van der Waals surface area contributed by atoms with Gasteiger partial charge in [-0.3, -0.25) is 4.98 Å². The van der Waals surface area contributed by atoms with Crippen LogP contribution < -0.4 is 5.32 Å². The fourth-order valence-corrected chi connectivity index (χ4v) is 2.43. The quantitative estimate of drug-likeness (QED) is 0.685. The predicted octanol–water partition coefficient (Wildman–Crippen LogP) is 1.85. The summed E-state index contributed by atoms with van der Waals surface area (Å²) in [6.07, 6.45) is 7.76. The molecule has 0 saturated carbocycles. The molecule has 2 atom stereocenters. The third kappa shape index (κ3) is 1.34. The highest BCUT2D eigenvalue weighted by Gasteiger charge is 2.31. The van der Waals surface area contributed by atoms with E-state index in [1.54, 1.807) is 0 Å². The van der Waals surface area contributed by atoms with Crippen molar-refractivity contribution in [1.29, 1.82) is 0 Å². The Morgan fingerprint density at radius 2 is 2.31 bits per heavy atom. The minimum Gasteiger partial charge on any atom is -0.307 e. The maximum Gasteiger partial charge on any atom is 0.0341 e. The predicted molar refractivity (Wildman–Crippen MR) is 54.1 cm³/mol. The van der Waals surface area contributed by atoms with Gasteiger partial charge in [0, 0.05) is 24.5 Å². The van der Waals surface area contributed by atoms with Crippen molar-refractivity contribution in [2.75, 3.05) is 0 Å². The van der Waals surface area contributed by atoms with Gasteiger partial charge < -0.3 is 5.32 Å². The molecular weight excluding hydrogens is 184 g/mol. The van der Waals surface area contributed by atoms with Gasteiger partial charge >= 0.3 is 0 Å². The van der Waals surface area contributed by atoms with Crippen LogP contribution in [-0.2, 0) is 6.42 Å². The van der Waals surface area contributed by atoms with Gasteiger partial charge in [0.15, 0.2) is 0 Å². The van der Waals surface area contributed by atoms with Crippen LogP contribution in [0, 0.1) is 0 Å². The fraction of sp³-hybridized carbons (Fsp3) is 0.500. The van der Waals surface area contributed by atoms with Crippen molar-refractivity contribution in [3.63, 3.8) is 0 Å². The summed E-state index contributed by atoms with van der Waals surface area (Å²) in [6.45, 7) is 0. The van der Waals surface area contributed by atoms with E-state index in [1.165, 1.54) is 30.4 Å². The maximum atomic E-state index is 4.17. The molecule has 1 fully saturated rings. The second kappa shape index (κ2) is 3.28. The summed E-state index contributed by atoms with van der Waals surface area (Å²) in [4.78, 5) is 4.17. The van der Waals surface area contributed by atoms with Gasteiger partial charge in [-0.2, -0.15) is 0 Å². The summed E-state index contributed by atoms with van der Waals surface area (Å²) in [5, 5.41) is 3.61. The first kappa shape index (κ1) is 8.97. The molecule has 0 radical (unpaired) electrons. The van der Waals surface area contributed by atoms with Gasteiger partial charge in [-0.25, -0.2) is 0 Å². The van der Waals surface area contributed by atoms with Crippen molar-refractivity contribution < 1.29 is 0 Å². The van der Waals surface area contributed by atoms with E-state index < -0.39 is 0 Å². The molecule has 2 aliphatic rings. The van der Waals surface area contributed by atoms with Gasteiger partial charge in [0.1, 0.15) is 0 Å². The first-order valence-corrected chi connectivity index (χ1v) is 4.62. The van der Waals surface area contributed by atoms with E-state index in [4.69, 9.17) is 0 Å². The zero-order valence-corrected chi connectivity index (χ0v) is 8.18. The topological polar surface area (TPSA) is 24.9 Å². The van der Waals surface area contributed by atoms with Gasteiger partial charge in [-0.1, -0.05) is 0 Å². The Labute approximate surface area is 84.2 Å². The van der Waals surface area contributed by atoms with E-state index in [2.05, 4.69) is 16.4 Å². The minimum absolute atomic E-state index is 0. The van der Waals surface area contributed by atoms with Crippen LogP contribution >= 0.6 is 12.4 Å². The molecule has 1 aromatic heterocycles. The Hall–Kier alpha value is -0.600. The van der Waals surface area contributed by atoms with Crippen molar-refractivity contribution in [1.82, 2.24) is 10.3 Å². The van der Waals surface area contributed by atoms with Crippen LogP contribution in [0.4, 0.5) is 0 Å². The third-order valence-corrected chi connectivity index (χ3v) is 3.03. The van der Waals surface area contributed by atoms with Gasteiger partial charge in [0.2, 0.25) is 0 Å². The van der Waals surface area contributed by atoms with Gasteiger partial charge in [-0.05, 0) is 36.5 Å². The molecular formula is C10H13ClN2. The van der Waals surface area contributed by atoms with Crippen LogP contribution in [0.3, 0.4) is 0 Å². The number of nitrogens with one attached hydrogen (secondary N) is 1. The molecule has 1 N–H and O–H groups in total. The second-order valence-electron chi connectivity index (χ2n) is 3.77. The summed E-state index contributed by atoms with van der Waals surface area (Å²) in [6, 6.07) is 3.51. The smallest absolute Gasteiger partial charge is 0.0341 e. The van der Waals surface area contributed by atoms with Crippen molar-refractivity contribution in [2.24, 2.45) is 0 Å². The maximum absolute atomic E-state index is 4.17. The van der Waals surface area contributed by atoms with E-state index in [9.17, 15) is 0 Å². The van der Waals surface area contributed by atoms with Crippen LogP contribution in [0.25, 0.3) is 0 Å². The van der Waals surface area contributed by atoms with Crippen LogP contribution in [0.1, 0.15) is 30.0 Å². The Kier molecular flexibility index (Phi) is 2.26. The highest BCUT2D eigenvalue weighted by Crippen LogP contribution is 2.34. The molecule has 2 bridgehead atoms. The van der Waals surface area contributed by atoms with Crippen LogP contribution in [0.2, 0.25) is 0 Å². The monoisotopic (exact) mass is 196 g/mol. The summed E-state index contributed by atoms with van der Waals surface area (Å²) in [5.74, 6) is 0. The molecule has 2 unspecified atom stereocenters. The SMILES string of the molecule is Cl.c1cc2c(cn1)C1CCC(C2)N1. The van der Waals surface area contributed by atoms with Gasteiger partial charge in [-0.15, -0.1) is 12.4 Å². The minimum atomic E-state index is 0. The Bertz CT molecular complexity index is 314. The van der Waals surface area contributed by atoms with E-state index in [0.29, 0.717) is 6.04 Å². The molecule has 3 rings (SSSR count). The lowest BCUT2D eigenvalue weighted by Gasteiger charge is -2.23. The molecule has 13 heavy (non-hydrogen) atoms. The first-order chi connectivity index (χ1) is 5.93. The van der Waals surface area contributed by atoms with Crippen molar-refractivity contribution in [2.45, 2.75) is 31.3 Å². The second-order valence-corrected chi connectivity index (χ2v) is 3.77. The molecule has 0 spiro atoms. The molecule has 3 heteroatoms. The summed E-state index contributed by atoms with van der Waals surface area (Å²) in [7, 11) is 0. The van der Waals surface area contributed by atoms with Crippen molar-refractivity contribution >= 4 is 12.4 Å². The van der Waals surface area contributed by atoms with Gasteiger partial charge in [0.25, 0.3) is 0 Å². The van der Waals surface area contributed by atoms with Crippen molar-refractivity contribution in [3.05, 3.63) is 29.6 Å². The highest BCUT2D eigenvalue weighted by atomic mass is 35.5. The fourth-order valence-electron chi connectivity index (χ4n) is 2.43. The molecule has 70 valence electrons. The number of hydrogen-bond acceptors (Lipinski definition) is 2. The van der Waals surface area contributed by atoms with E-state index in [0.717, 1.165) is 6.04 Å².